The van der Waals surface area contributed by atoms with Gasteiger partial charge in [0.25, 0.3) is 11.8 Å². The lowest BCUT2D eigenvalue weighted by molar-refractivity contribution is -0.121. The van der Waals surface area contributed by atoms with E-state index in [1.807, 2.05) is 61.5 Å². The van der Waals surface area contributed by atoms with Gasteiger partial charge in [0, 0.05) is 24.8 Å². The van der Waals surface area contributed by atoms with Gasteiger partial charge in [-0.15, -0.1) is 0 Å². The van der Waals surface area contributed by atoms with Crippen molar-refractivity contribution in [2.24, 2.45) is 5.10 Å². The van der Waals surface area contributed by atoms with Crippen molar-refractivity contribution in [3.8, 4) is 5.75 Å². The fourth-order valence-corrected chi connectivity index (χ4v) is 5.65. The number of hydrogen-bond acceptors (Lipinski definition) is 7. The van der Waals surface area contributed by atoms with Gasteiger partial charge in [0.2, 0.25) is 15.9 Å². The monoisotopic (exact) mass is 641 g/mol. The number of nitrogens with one attached hydrogen (secondary N) is 3. The fraction of sp³-hybridized carbons (Fsp3) is 0.176. The summed E-state index contributed by atoms with van der Waals surface area (Å²) in [5.41, 5.74) is 6.18. The topological polar surface area (TPSA) is 146 Å². The van der Waals surface area contributed by atoms with Crippen LogP contribution in [0.4, 0.5) is 11.4 Å². The van der Waals surface area contributed by atoms with Crippen LogP contribution in [-0.2, 0) is 30.8 Å². The summed E-state index contributed by atoms with van der Waals surface area (Å²) >= 11 is 0. The highest BCUT2D eigenvalue weighted by Crippen LogP contribution is 2.19. The van der Waals surface area contributed by atoms with Crippen molar-refractivity contribution in [1.29, 1.82) is 0 Å². The number of sulfonamides is 1. The SMILES string of the molecule is CC(=O)Nc1ccc(S(=O)(=O)N(CCc2ccccc2)CC(=O)N/N=C/c2ccc(OCC(=O)Nc3ccc(C)cc3)cc2)cc1. The van der Waals surface area contributed by atoms with E-state index in [4.69, 9.17) is 4.74 Å². The normalized spacial score (nSPS) is 11.3. The van der Waals surface area contributed by atoms with Gasteiger partial charge in [0.1, 0.15) is 5.75 Å². The first kappa shape index (κ1) is 33.6. The summed E-state index contributed by atoms with van der Waals surface area (Å²) < 4.78 is 33.7. The summed E-state index contributed by atoms with van der Waals surface area (Å²) in [7, 11) is -4.06. The zero-order chi connectivity index (χ0) is 32.9. The number of hydrazone groups is 1. The second-order valence-corrected chi connectivity index (χ2v) is 12.3. The number of benzene rings is 4. The molecule has 238 valence electrons. The van der Waals surface area contributed by atoms with Crippen LogP contribution < -0.4 is 20.8 Å². The van der Waals surface area contributed by atoms with E-state index in [2.05, 4.69) is 21.2 Å². The molecular weight excluding hydrogens is 606 g/mol. The molecule has 0 unspecified atom stereocenters. The number of carbonyl (C=O) groups is 3. The van der Waals surface area contributed by atoms with E-state index in [9.17, 15) is 22.8 Å². The minimum absolute atomic E-state index is 0.0131. The average Bonchev–Trinajstić information content (AvgIpc) is 3.04. The zero-order valence-corrected chi connectivity index (χ0v) is 26.3. The molecule has 3 amide bonds. The lowest BCUT2D eigenvalue weighted by atomic mass is 10.1. The van der Waals surface area contributed by atoms with Crippen LogP contribution in [0.3, 0.4) is 0 Å². The van der Waals surface area contributed by atoms with Crippen molar-refractivity contribution in [2.75, 3.05) is 30.3 Å². The quantitative estimate of drug-likeness (QED) is 0.138. The molecule has 0 spiro atoms. The predicted octanol–water partition coefficient (Wildman–Crippen LogP) is 4.35. The Labute approximate surface area is 268 Å². The lowest BCUT2D eigenvalue weighted by Gasteiger charge is -2.21. The number of anilines is 2. The zero-order valence-electron chi connectivity index (χ0n) is 25.5. The first-order chi connectivity index (χ1) is 22.1. The standard InChI is InChI=1S/C34H35N5O6S/c1-25-8-12-30(13-9-25)37-34(42)24-45-31-16-10-28(11-17-31)22-35-38-33(41)23-39(21-20-27-6-4-3-5-7-27)46(43,44)32-18-14-29(15-19-32)36-26(2)40/h3-19,22H,20-21,23-24H2,1-2H3,(H,36,40)(H,37,42)(H,38,41)/b35-22+. The number of carbonyl (C=O) groups excluding carboxylic acids is 3. The van der Waals surface area contributed by atoms with Gasteiger partial charge in [-0.05, 0) is 85.1 Å². The van der Waals surface area contributed by atoms with Crippen molar-refractivity contribution in [3.05, 3.63) is 120 Å². The Morgan fingerprint density at radius 2 is 1.43 bits per heavy atom. The van der Waals surface area contributed by atoms with Crippen molar-refractivity contribution in [1.82, 2.24) is 9.73 Å². The minimum Gasteiger partial charge on any atom is -0.484 e. The number of hydrogen-bond donors (Lipinski definition) is 3. The molecule has 0 aliphatic heterocycles. The van der Waals surface area contributed by atoms with Gasteiger partial charge in [0.05, 0.1) is 17.7 Å². The number of aryl methyl sites for hydroxylation is 1. The molecular formula is C34H35N5O6S. The number of ether oxygens (including phenoxy) is 1. The van der Waals surface area contributed by atoms with Gasteiger partial charge in [-0.1, -0.05) is 48.0 Å². The smallest absolute Gasteiger partial charge is 0.262 e. The fourth-order valence-electron chi connectivity index (χ4n) is 4.25. The van der Waals surface area contributed by atoms with Gasteiger partial charge in [-0.3, -0.25) is 14.4 Å². The molecule has 0 heterocycles. The van der Waals surface area contributed by atoms with Crippen LogP contribution in [0, 0.1) is 6.92 Å². The van der Waals surface area contributed by atoms with E-state index < -0.39 is 22.5 Å². The van der Waals surface area contributed by atoms with Gasteiger partial charge in [-0.25, -0.2) is 13.8 Å². The van der Waals surface area contributed by atoms with Crippen LogP contribution in [0.25, 0.3) is 0 Å². The van der Waals surface area contributed by atoms with E-state index in [1.165, 1.54) is 37.4 Å². The second-order valence-electron chi connectivity index (χ2n) is 10.3. The molecule has 0 aromatic heterocycles. The van der Waals surface area contributed by atoms with E-state index in [0.717, 1.165) is 15.4 Å². The number of rotatable bonds is 14. The Kier molecular flexibility index (Phi) is 11.8. The van der Waals surface area contributed by atoms with Crippen LogP contribution >= 0.6 is 0 Å². The number of amides is 3. The first-order valence-electron chi connectivity index (χ1n) is 14.4. The van der Waals surface area contributed by atoms with Crippen LogP contribution in [-0.4, -0.2) is 56.4 Å². The van der Waals surface area contributed by atoms with Crippen molar-refractivity contribution in [2.45, 2.75) is 25.2 Å². The average molecular weight is 642 g/mol. The Balaban J connectivity index is 1.33. The summed E-state index contributed by atoms with van der Waals surface area (Å²) in [5, 5.41) is 9.34. The molecule has 12 heteroatoms. The summed E-state index contributed by atoms with van der Waals surface area (Å²) in [6.45, 7) is 2.75. The van der Waals surface area contributed by atoms with Crippen LogP contribution in [0.15, 0.2) is 113 Å². The third-order valence-corrected chi connectivity index (χ3v) is 8.47. The Hall–Kier alpha value is -5.33. The summed E-state index contributed by atoms with van der Waals surface area (Å²) in [4.78, 5) is 36.3. The highest BCUT2D eigenvalue weighted by atomic mass is 32.2. The molecule has 0 aliphatic rings. The second kappa shape index (κ2) is 16.1. The third kappa shape index (κ3) is 10.4. The van der Waals surface area contributed by atoms with Crippen molar-refractivity contribution in [3.63, 3.8) is 0 Å². The van der Waals surface area contributed by atoms with E-state index >= 15 is 0 Å². The molecule has 0 fully saturated rings. The lowest BCUT2D eigenvalue weighted by Crippen LogP contribution is -2.40. The molecule has 4 aromatic rings. The largest absolute Gasteiger partial charge is 0.484 e. The van der Waals surface area contributed by atoms with Crippen LogP contribution in [0.5, 0.6) is 5.75 Å². The third-order valence-electron chi connectivity index (χ3n) is 6.61. The van der Waals surface area contributed by atoms with Gasteiger partial charge in [0.15, 0.2) is 6.61 Å². The molecule has 0 saturated carbocycles. The molecule has 0 aliphatic carbocycles. The maximum absolute atomic E-state index is 13.5. The molecule has 46 heavy (non-hydrogen) atoms. The van der Waals surface area contributed by atoms with Crippen molar-refractivity contribution < 1.29 is 27.5 Å². The molecule has 4 rings (SSSR count). The van der Waals surface area contributed by atoms with E-state index in [-0.39, 0.29) is 29.9 Å². The molecule has 0 atom stereocenters. The highest BCUT2D eigenvalue weighted by molar-refractivity contribution is 7.89. The maximum atomic E-state index is 13.5. The van der Waals surface area contributed by atoms with Gasteiger partial charge < -0.3 is 15.4 Å². The van der Waals surface area contributed by atoms with Crippen LogP contribution in [0.2, 0.25) is 0 Å². The highest BCUT2D eigenvalue weighted by Gasteiger charge is 2.26. The molecule has 0 radical (unpaired) electrons. The Morgan fingerprint density at radius 1 is 0.804 bits per heavy atom. The van der Waals surface area contributed by atoms with E-state index in [1.54, 1.807) is 24.3 Å². The number of nitrogens with zero attached hydrogens (tertiary/aromatic N) is 2. The molecule has 0 bridgehead atoms. The summed E-state index contributed by atoms with van der Waals surface area (Å²) in [5.74, 6) is -0.717. The predicted molar refractivity (Wildman–Crippen MR) is 177 cm³/mol. The Morgan fingerprint density at radius 3 is 2.09 bits per heavy atom. The summed E-state index contributed by atoms with van der Waals surface area (Å²) in [6.07, 6.45) is 1.80. The van der Waals surface area contributed by atoms with Gasteiger partial charge in [-0.2, -0.15) is 9.41 Å². The van der Waals surface area contributed by atoms with Crippen molar-refractivity contribution >= 4 is 45.3 Å². The maximum Gasteiger partial charge on any atom is 0.262 e. The molecule has 4 aromatic carbocycles. The molecule has 11 nitrogen and oxygen atoms in total. The molecule has 0 saturated heterocycles. The Bertz CT molecular complexity index is 1760. The first-order valence-corrected chi connectivity index (χ1v) is 15.9. The minimum atomic E-state index is -4.06. The summed E-state index contributed by atoms with van der Waals surface area (Å²) in [6, 6.07) is 29.3. The molecule has 3 N–H and O–H groups in total. The van der Waals surface area contributed by atoms with E-state index in [0.29, 0.717) is 29.1 Å². The van der Waals surface area contributed by atoms with Gasteiger partial charge >= 0.3 is 0 Å². The van der Waals surface area contributed by atoms with Crippen LogP contribution in [0.1, 0.15) is 23.6 Å².